The number of hydrogen-bond acceptors (Lipinski definition) is 4. The van der Waals surface area contributed by atoms with Crippen molar-refractivity contribution in [2.45, 2.75) is 19.9 Å². The first-order valence-corrected chi connectivity index (χ1v) is 9.78. The number of aryl methyl sites for hydroxylation is 2. The molecule has 0 unspecified atom stereocenters. The molecule has 28 heavy (non-hydrogen) atoms. The molecule has 4 rings (SSSR count). The lowest BCUT2D eigenvalue weighted by atomic mass is 10.2. The third-order valence-electron chi connectivity index (χ3n) is 4.53. The largest absolute Gasteiger partial charge is 0.351 e. The minimum absolute atomic E-state index is 0.0853. The second-order valence-electron chi connectivity index (χ2n) is 6.73. The van der Waals surface area contributed by atoms with Gasteiger partial charge in [0.25, 0.3) is 5.91 Å². The van der Waals surface area contributed by atoms with Crippen LogP contribution in [-0.2, 0) is 20.0 Å². The SMILES string of the molecule is Cc1nn(Cc2ccc(F)cc2)c2sc(C(=O)NCCc3cnn(C)c3)cc12. The molecule has 0 radical (unpaired) electrons. The maximum atomic E-state index is 13.1. The molecule has 0 aliphatic carbocycles. The first-order valence-electron chi connectivity index (χ1n) is 8.97. The Bertz CT molecular complexity index is 1130. The minimum Gasteiger partial charge on any atom is -0.351 e. The van der Waals surface area contributed by atoms with Crippen molar-refractivity contribution in [1.82, 2.24) is 24.9 Å². The Labute approximate surface area is 165 Å². The number of hydrogen-bond donors (Lipinski definition) is 1. The minimum atomic E-state index is -0.257. The van der Waals surface area contributed by atoms with Gasteiger partial charge in [0.2, 0.25) is 0 Å². The van der Waals surface area contributed by atoms with Crippen molar-refractivity contribution < 1.29 is 9.18 Å². The number of aromatic nitrogens is 4. The average molecular weight is 397 g/mol. The molecule has 1 N–H and O–H groups in total. The smallest absolute Gasteiger partial charge is 0.261 e. The van der Waals surface area contributed by atoms with E-state index in [1.807, 2.05) is 30.9 Å². The second-order valence-corrected chi connectivity index (χ2v) is 7.76. The predicted molar refractivity (Wildman–Crippen MR) is 107 cm³/mol. The summed E-state index contributed by atoms with van der Waals surface area (Å²) in [6.07, 6.45) is 4.49. The van der Waals surface area contributed by atoms with Gasteiger partial charge >= 0.3 is 0 Å². The molecule has 6 nitrogen and oxygen atoms in total. The summed E-state index contributed by atoms with van der Waals surface area (Å²) in [5.74, 6) is -0.343. The normalized spacial score (nSPS) is 11.2. The zero-order valence-electron chi connectivity index (χ0n) is 15.6. The Morgan fingerprint density at radius 2 is 2.04 bits per heavy atom. The summed E-state index contributed by atoms with van der Waals surface area (Å²) in [7, 11) is 1.87. The van der Waals surface area contributed by atoms with Crippen molar-refractivity contribution in [1.29, 1.82) is 0 Å². The van der Waals surface area contributed by atoms with Gasteiger partial charge in [0.15, 0.2) is 0 Å². The predicted octanol–water partition coefficient (Wildman–Crippen LogP) is 3.30. The van der Waals surface area contributed by atoms with Gasteiger partial charge in [0.1, 0.15) is 10.6 Å². The third-order valence-corrected chi connectivity index (χ3v) is 5.68. The van der Waals surface area contributed by atoms with Crippen LogP contribution >= 0.6 is 11.3 Å². The summed E-state index contributed by atoms with van der Waals surface area (Å²) in [5.41, 5.74) is 2.93. The number of halogens is 1. The van der Waals surface area contributed by atoms with E-state index < -0.39 is 0 Å². The number of amides is 1. The van der Waals surface area contributed by atoms with Gasteiger partial charge in [-0.3, -0.25) is 14.2 Å². The summed E-state index contributed by atoms with van der Waals surface area (Å²) in [6, 6.07) is 8.27. The number of carbonyl (C=O) groups is 1. The van der Waals surface area contributed by atoms with Gasteiger partial charge in [-0.15, -0.1) is 11.3 Å². The number of fused-ring (bicyclic) bond motifs is 1. The number of carbonyl (C=O) groups excluding carboxylic acids is 1. The van der Waals surface area contributed by atoms with Crippen molar-refractivity contribution in [3.8, 4) is 0 Å². The van der Waals surface area contributed by atoms with E-state index in [0.29, 0.717) is 18.0 Å². The second kappa shape index (κ2) is 7.55. The first kappa shape index (κ1) is 18.4. The van der Waals surface area contributed by atoms with Crippen LogP contribution in [0, 0.1) is 12.7 Å². The number of nitrogens with zero attached hydrogens (tertiary/aromatic N) is 4. The van der Waals surface area contributed by atoms with Crippen LogP contribution in [0.3, 0.4) is 0 Å². The molecule has 3 heterocycles. The highest BCUT2D eigenvalue weighted by Crippen LogP contribution is 2.28. The lowest BCUT2D eigenvalue weighted by Crippen LogP contribution is -2.24. The maximum Gasteiger partial charge on any atom is 0.261 e. The highest BCUT2D eigenvalue weighted by molar-refractivity contribution is 7.20. The molecule has 0 aliphatic heterocycles. The molecule has 1 aromatic carbocycles. The number of thiophene rings is 1. The monoisotopic (exact) mass is 397 g/mol. The molecule has 0 atom stereocenters. The van der Waals surface area contributed by atoms with Crippen LogP contribution in [-0.4, -0.2) is 32.0 Å². The van der Waals surface area contributed by atoms with Gasteiger partial charge in [0, 0.05) is 25.2 Å². The Balaban J connectivity index is 1.47. The number of benzene rings is 1. The van der Waals surface area contributed by atoms with Gasteiger partial charge in [-0.2, -0.15) is 10.2 Å². The van der Waals surface area contributed by atoms with Crippen molar-refractivity contribution in [2.24, 2.45) is 7.05 Å². The van der Waals surface area contributed by atoms with Crippen molar-refractivity contribution in [3.05, 3.63) is 70.2 Å². The molecule has 8 heteroatoms. The molecular weight excluding hydrogens is 377 g/mol. The van der Waals surface area contributed by atoms with E-state index in [0.717, 1.165) is 33.5 Å². The van der Waals surface area contributed by atoms with E-state index in [1.165, 1.54) is 23.5 Å². The number of rotatable bonds is 6. The fourth-order valence-electron chi connectivity index (χ4n) is 3.10. The number of nitrogens with one attached hydrogen (secondary N) is 1. The van der Waals surface area contributed by atoms with E-state index in [4.69, 9.17) is 0 Å². The Morgan fingerprint density at radius 3 is 2.75 bits per heavy atom. The highest BCUT2D eigenvalue weighted by atomic mass is 32.1. The topological polar surface area (TPSA) is 64.7 Å². The van der Waals surface area contributed by atoms with Crippen LogP contribution in [0.25, 0.3) is 10.2 Å². The van der Waals surface area contributed by atoms with Gasteiger partial charge < -0.3 is 5.32 Å². The van der Waals surface area contributed by atoms with Crippen LogP contribution in [0.15, 0.2) is 42.7 Å². The van der Waals surface area contributed by atoms with Gasteiger partial charge in [-0.1, -0.05) is 12.1 Å². The summed E-state index contributed by atoms with van der Waals surface area (Å²) in [4.78, 5) is 14.1. The molecule has 0 fully saturated rings. The molecule has 0 bridgehead atoms. The third kappa shape index (κ3) is 3.82. The standard InChI is InChI=1S/C20H20FN5OS/c1-13-17-9-18(19(27)22-8-7-15-10-23-25(2)11-15)28-20(17)26(24-13)12-14-3-5-16(21)6-4-14/h3-6,9-11H,7-8,12H2,1-2H3,(H,22,27). The first-order chi connectivity index (χ1) is 13.5. The van der Waals surface area contributed by atoms with Crippen molar-refractivity contribution in [2.75, 3.05) is 6.54 Å². The average Bonchev–Trinajstić information content (AvgIpc) is 3.35. The zero-order valence-corrected chi connectivity index (χ0v) is 16.5. The van der Waals surface area contributed by atoms with Crippen molar-refractivity contribution >= 4 is 27.5 Å². The molecular formula is C20H20FN5OS. The van der Waals surface area contributed by atoms with E-state index in [-0.39, 0.29) is 11.7 Å². The van der Waals surface area contributed by atoms with E-state index in [1.54, 1.807) is 23.0 Å². The van der Waals surface area contributed by atoms with Gasteiger partial charge in [-0.25, -0.2) is 4.39 Å². The van der Waals surface area contributed by atoms with Crippen LogP contribution in [0.2, 0.25) is 0 Å². The Morgan fingerprint density at radius 1 is 1.25 bits per heavy atom. The summed E-state index contributed by atoms with van der Waals surface area (Å²) in [6.45, 7) is 3.02. The summed E-state index contributed by atoms with van der Waals surface area (Å²) >= 11 is 1.42. The van der Waals surface area contributed by atoms with Crippen LogP contribution < -0.4 is 5.32 Å². The summed E-state index contributed by atoms with van der Waals surface area (Å²) in [5, 5.41) is 12.6. The molecule has 0 saturated carbocycles. The Hall–Kier alpha value is -3.00. The molecule has 4 aromatic rings. The van der Waals surface area contributed by atoms with Crippen LogP contribution in [0.5, 0.6) is 0 Å². The Kier molecular flexibility index (Phi) is 4.95. The van der Waals surface area contributed by atoms with E-state index in [9.17, 15) is 9.18 Å². The molecule has 1 amide bonds. The quantitative estimate of drug-likeness (QED) is 0.543. The fraction of sp³-hybridized carbons (Fsp3) is 0.250. The van der Waals surface area contributed by atoms with Gasteiger partial charge in [0.05, 0.1) is 23.3 Å². The molecule has 0 spiro atoms. The molecule has 3 aromatic heterocycles. The molecule has 0 saturated heterocycles. The van der Waals surface area contributed by atoms with Crippen molar-refractivity contribution in [3.63, 3.8) is 0 Å². The molecule has 144 valence electrons. The fourth-order valence-corrected chi connectivity index (χ4v) is 4.18. The van der Waals surface area contributed by atoms with E-state index >= 15 is 0 Å². The van der Waals surface area contributed by atoms with Crippen LogP contribution in [0.1, 0.15) is 26.5 Å². The molecule has 0 aliphatic rings. The van der Waals surface area contributed by atoms with E-state index in [2.05, 4.69) is 15.5 Å². The van der Waals surface area contributed by atoms with Crippen LogP contribution in [0.4, 0.5) is 4.39 Å². The lowest BCUT2D eigenvalue weighted by Gasteiger charge is -2.03. The zero-order chi connectivity index (χ0) is 19.7. The van der Waals surface area contributed by atoms with Gasteiger partial charge in [-0.05, 0) is 42.7 Å². The lowest BCUT2D eigenvalue weighted by molar-refractivity contribution is 0.0958. The summed E-state index contributed by atoms with van der Waals surface area (Å²) < 4.78 is 16.7. The highest BCUT2D eigenvalue weighted by Gasteiger charge is 2.16. The maximum absolute atomic E-state index is 13.1.